The number of halogens is 2. The van der Waals surface area contributed by atoms with E-state index >= 15 is 0 Å². The third-order valence-electron chi connectivity index (χ3n) is 7.13. The van der Waals surface area contributed by atoms with Gasteiger partial charge in [0.25, 0.3) is 11.8 Å². The van der Waals surface area contributed by atoms with Gasteiger partial charge < -0.3 is 10.6 Å². The van der Waals surface area contributed by atoms with E-state index in [9.17, 15) is 9.59 Å². The zero-order chi connectivity index (χ0) is 29.8. The Morgan fingerprint density at radius 1 is 0.558 bits per heavy atom. The molecule has 6 aromatic rings. The van der Waals surface area contributed by atoms with Gasteiger partial charge in [-0.05, 0) is 55.0 Å². The summed E-state index contributed by atoms with van der Waals surface area (Å²) in [6.07, 6.45) is 0.572. The predicted molar refractivity (Wildman–Crippen MR) is 179 cm³/mol. The van der Waals surface area contributed by atoms with E-state index in [1.165, 1.54) is 0 Å². The summed E-state index contributed by atoms with van der Waals surface area (Å²) < 4.78 is 1.95. The largest absolute Gasteiger partial charge is 0.352 e. The van der Waals surface area contributed by atoms with E-state index in [-0.39, 0.29) is 11.8 Å². The first-order chi connectivity index (χ1) is 21.0. The molecule has 6 rings (SSSR count). The summed E-state index contributed by atoms with van der Waals surface area (Å²) >= 11 is 6.94. The topological polar surface area (TPSA) is 84.0 Å². The lowest BCUT2D eigenvalue weighted by molar-refractivity contribution is 0.0953. The SMILES string of the molecule is O=C(NCCCNC(=O)c1cc(-c2ccc(Br)cc2)nc2ccccc12)c1cc(-c2ccc(Br)cc2)nc2ccccc12. The van der Waals surface area contributed by atoms with Crippen molar-refractivity contribution < 1.29 is 9.59 Å². The molecule has 0 saturated heterocycles. The molecule has 0 saturated carbocycles. The van der Waals surface area contributed by atoms with E-state index in [0.29, 0.717) is 30.6 Å². The second-order valence-electron chi connectivity index (χ2n) is 10.0. The summed E-state index contributed by atoms with van der Waals surface area (Å²) in [5, 5.41) is 7.62. The summed E-state index contributed by atoms with van der Waals surface area (Å²) in [5.41, 5.74) is 5.97. The highest BCUT2D eigenvalue weighted by Crippen LogP contribution is 2.27. The zero-order valence-corrected chi connectivity index (χ0v) is 26.2. The molecule has 2 heterocycles. The zero-order valence-electron chi connectivity index (χ0n) is 23.0. The monoisotopic (exact) mass is 692 g/mol. The van der Waals surface area contributed by atoms with Crippen molar-refractivity contribution in [3.05, 3.63) is 129 Å². The van der Waals surface area contributed by atoms with Crippen LogP contribution in [0.2, 0.25) is 0 Å². The molecule has 0 aliphatic rings. The van der Waals surface area contributed by atoms with Crippen LogP contribution in [-0.2, 0) is 0 Å². The van der Waals surface area contributed by atoms with Crippen molar-refractivity contribution >= 4 is 65.5 Å². The number of aromatic nitrogens is 2. The van der Waals surface area contributed by atoms with Gasteiger partial charge in [-0.3, -0.25) is 9.59 Å². The van der Waals surface area contributed by atoms with Gasteiger partial charge >= 0.3 is 0 Å². The van der Waals surface area contributed by atoms with Crippen molar-refractivity contribution in [1.82, 2.24) is 20.6 Å². The molecule has 0 atom stereocenters. The molecule has 212 valence electrons. The molecule has 0 spiro atoms. The van der Waals surface area contributed by atoms with Crippen molar-refractivity contribution in [2.45, 2.75) is 6.42 Å². The summed E-state index contributed by atoms with van der Waals surface area (Å²) in [6.45, 7) is 0.815. The normalized spacial score (nSPS) is 11.0. The Bertz CT molecular complexity index is 1820. The Labute approximate surface area is 265 Å². The second kappa shape index (κ2) is 12.9. The highest BCUT2D eigenvalue weighted by molar-refractivity contribution is 9.10. The van der Waals surface area contributed by atoms with Gasteiger partial charge in [-0.2, -0.15) is 0 Å². The van der Waals surface area contributed by atoms with E-state index in [1.807, 2.05) is 109 Å². The molecule has 43 heavy (non-hydrogen) atoms. The standard InChI is InChI=1S/C35H26Br2N4O2/c36-24-14-10-22(11-15-24)32-20-28(26-6-1-3-8-30(26)40-32)34(42)38-18-5-19-39-35(43)29-21-33(23-12-16-25(37)17-13-23)41-31-9-4-2-7-27(29)31/h1-4,6-17,20-21H,5,18-19H2,(H,38,42)(H,39,43). The molecule has 0 radical (unpaired) electrons. The maximum absolute atomic E-state index is 13.3. The van der Waals surface area contributed by atoms with Crippen LogP contribution in [0, 0.1) is 0 Å². The summed E-state index contributed by atoms with van der Waals surface area (Å²) in [4.78, 5) is 36.2. The molecule has 8 heteroatoms. The number of nitrogens with one attached hydrogen (secondary N) is 2. The number of hydrogen-bond donors (Lipinski definition) is 2. The fourth-order valence-electron chi connectivity index (χ4n) is 4.95. The second-order valence-corrected chi connectivity index (χ2v) is 11.9. The van der Waals surface area contributed by atoms with Crippen LogP contribution < -0.4 is 10.6 Å². The number of hydrogen-bond acceptors (Lipinski definition) is 4. The van der Waals surface area contributed by atoms with E-state index in [1.54, 1.807) is 0 Å². The number of fused-ring (bicyclic) bond motifs is 2. The van der Waals surface area contributed by atoms with Gasteiger partial charge in [0.05, 0.1) is 33.5 Å². The Morgan fingerprint density at radius 2 is 0.953 bits per heavy atom. The Balaban J connectivity index is 1.13. The van der Waals surface area contributed by atoms with Crippen LogP contribution in [-0.4, -0.2) is 34.9 Å². The minimum Gasteiger partial charge on any atom is -0.352 e. The van der Waals surface area contributed by atoms with Crippen molar-refractivity contribution in [2.24, 2.45) is 0 Å². The van der Waals surface area contributed by atoms with Crippen LogP contribution in [0.15, 0.2) is 118 Å². The predicted octanol–water partition coefficient (Wildman–Crippen LogP) is 8.19. The average molecular weight is 694 g/mol. The van der Waals surface area contributed by atoms with Crippen molar-refractivity contribution in [3.8, 4) is 22.5 Å². The lowest BCUT2D eigenvalue weighted by Crippen LogP contribution is -2.30. The smallest absolute Gasteiger partial charge is 0.252 e. The highest BCUT2D eigenvalue weighted by Gasteiger charge is 2.16. The molecule has 0 fully saturated rings. The average Bonchev–Trinajstić information content (AvgIpc) is 3.04. The first kappa shape index (κ1) is 28.7. The molecule has 2 aromatic heterocycles. The summed E-state index contributed by atoms with van der Waals surface area (Å²) in [6, 6.07) is 34.6. The van der Waals surface area contributed by atoms with Gasteiger partial charge in [0, 0.05) is 43.9 Å². The molecule has 2 N–H and O–H groups in total. The van der Waals surface area contributed by atoms with Gasteiger partial charge in [0.15, 0.2) is 0 Å². The minimum absolute atomic E-state index is 0.178. The van der Waals surface area contributed by atoms with E-state index < -0.39 is 0 Å². The van der Waals surface area contributed by atoms with Crippen molar-refractivity contribution in [1.29, 1.82) is 0 Å². The Hall–Kier alpha value is -4.40. The van der Waals surface area contributed by atoms with Crippen LogP contribution in [0.1, 0.15) is 27.1 Å². The van der Waals surface area contributed by atoms with Gasteiger partial charge in [0.2, 0.25) is 0 Å². The minimum atomic E-state index is -0.178. The van der Waals surface area contributed by atoms with Crippen LogP contribution in [0.5, 0.6) is 0 Å². The van der Waals surface area contributed by atoms with Crippen LogP contribution in [0.25, 0.3) is 44.3 Å². The molecule has 6 nitrogen and oxygen atoms in total. The number of carbonyl (C=O) groups is 2. The molecular formula is C35H26Br2N4O2. The highest BCUT2D eigenvalue weighted by atomic mass is 79.9. The van der Waals surface area contributed by atoms with Crippen molar-refractivity contribution in [2.75, 3.05) is 13.1 Å². The first-order valence-electron chi connectivity index (χ1n) is 13.8. The Morgan fingerprint density at radius 3 is 1.37 bits per heavy atom. The Kier molecular flexibility index (Phi) is 8.58. The van der Waals surface area contributed by atoms with Gasteiger partial charge in [0.1, 0.15) is 0 Å². The molecule has 2 amide bonds. The fourth-order valence-corrected chi connectivity index (χ4v) is 5.47. The van der Waals surface area contributed by atoms with E-state index in [4.69, 9.17) is 9.97 Å². The number of pyridine rings is 2. The third kappa shape index (κ3) is 6.50. The van der Waals surface area contributed by atoms with Crippen LogP contribution >= 0.6 is 31.9 Å². The maximum Gasteiger partial charge on any atom is 0.252 e. The number of benzene rings is 4. The van der Waals surface area contributed by atoms with Gasteiger partial charge in [-0.1, -0.05) is 92.5 Å². The molecular weight excluding hydrogens is 668 g/mol. The fraction of sp³-hybridized carbons (Fsp3) is 0.0857. The lowest BCUT2D eigenvalue weighted by atomic mass is 10.0. The summed E-state index contributed by atoms with van der Waals surface area (Å²) in [7, 11) is 0. The third-order valence-corrected chi connectivity index (χ3v) is 8.18. The lowest BCUT2D eigenvalue weighted by Gasteiger charge is -2.12. The molecule has 0 aliphatic carbocycles. The van der Waals surface area contributed by atoms with Crippen LogP contribution in [0.3, 0.4) is 0 Å². The number of nitrogens with zero attached hydrogens (tertiary/aromatic N) is 2. The quantitative estimate of drug-likeness (QED) is 0.158. The number of rotatable bonds is 8. The molecule has 0 bridgehead atoms. The number of carbonyl (C=O) groups excluding carboxylic acids is 2. The van der Waals surface area contributed by atoms with Gasteiger partial charge in [-0.15, -0.1) is 0 Å². The van der Waals surface area contributed by atoms with E-state index in [0.717, 1.165) is 53.3 Å². The van der Waals surface area contributed by atoms with Crippen LogP contribution in [0.4, 0.5) is 0 Å². The maximum atomic E-state index is 13.3. The van der Waals surface area contributed by atoms with Crippen molar-refractivity contribution in [3.63, 3.8) is 0 Å². The first-order valence-corrected chi connectivity index (χ1v) is 15.4. The molecule has 4 aromatic carbocycles. The molecule has 0 aliphatic heterocycles. The number of para-hydroxylation sites is 2. The van der Waals surface area contributed by atoms with E-state index in [2.05, 4.69) is 42.5 Å². The number of amides is 2. The molecule has 0 unspecified atom stereocenters. The summed E-state index contributed by atoms with van der Waals surface area (Å²) in [5.74, 6) is -0.356. The van der Waals surface area contributed by atoms with Gasteiger partial charge in [-0.25, -0.2) is 9.97 Å².